The van der Waals surface area contributed by atoms with E-state index in [1.165, 1.54) is 25.9 Å². The predicted molar refractivity (Wildman–Crippen MR) is 51.8 cm³/mol. The highest BCUT2D eigenvalue weighted by atomic mass is 15.1. The number of hydrogen-bond donors (Lipinski definition) is 0. The van der Waals surface area contributed by atoms with E-state index in [9.17, 15) is 0 Å². The molecular weight excluding hydrogens is 134 g/mol. The zero-order valence-electron chi connectivity index (χ0n) is 8.14. The molecule has 0 N–H and O–H groups in total. The van der Waals surface area contributed by atoms with Gasteiger partial charge in [0, 0.05) is 6.54 Å². The van der Waals surface area contributed by atoms with E-state index in [-0.39, 0.29) is 0 Å². The predicted octanol–water partition coefficient (Wildman–Crippen LogP) is 2.68. The van der Waals surface area contributed by atoms with Gasteiger partial charge in [0.25, 0.3) is 0 Å². The van der Waals surface area contributed by atoms with Crippen LogP contribution in [0, 0.1) is 0 Å². The van der Waals surface area contributed by atoms with E-state index < -0.39 is 0 Å². The van der Waals surface area contributed by atoms with E-state index in [0.29, 0.717) is 0 Å². The molecule has 0 amide bonds. The molecule has 0 spiro atoms. The second-order valence-electron chi connectivity index (χ2n) is 2.97. The van der Waals surface area contributed by atoms with Gasteiger partial charge in [0.15, 0.2) is 0 Å². The summed E-state index contributed by atoms with van der Waals surface area (Å²) in [5.41, 5.74) is 0. The Labute approximate surface area is 71.1 Å². The normalized spacial score (nSPS) is 11.6. The van der Waals surface area contributed by atoms with Crippen LogP contribution in [0.2, 0.25) is 0 Å². The van der Waals surface area contributed by atoms with Crippen LogP contribution in [-0.4, -0.2) is 25.0 Å². The monoisotopic (exact) mass is 155 g/mol. The molecule has 1 heteroatoms. The summed E-state index contributed by atoms with van der Waals surface area (Å²) >= 11 is 0. The molecule has 0 aromatic rings. The van der Waals surface area contributed by atoms with Gasteiger partial charge in [-0.15, -0.1) is 0 Å². The minimum atomic E-state index is 1.16. The molecule has 0 saturated carbocycles. The Balaban J connectivity index is 3.16. The Morgan fingerprint density at radius 1 is 1.09 bits per heavy atom. The highest BCUT2D eigenvalue weighted by Gasteiger charge is 1.91. The van der Waals surface area contributed by atoms with Crippen molar-refractivity contribution < 1.29 is 0 Å². The second kappa shape index (κ2) is 7.80. The average molecular weight is 155 g/mol. The average Bonchev–Trinajstić information content (AvgIpc) is 1.99. The maximum Gasteiger partial charge on any atom is 0.00128 e. The van der Waals surface area contributed by atoms with E-state index in [4.69, 9.17) is 0 Å². The molecule has 0 radical (unpaired) electrons. The Morgan fingerprint density at radius 3 is 2.36 bits per heavy atom. The lowest BCUT2D eigenvalue weighted by atomic mass is 10.3. The first-order chi connectivity index (χ1) is 5.31. The van der Waals surface area contributed by atoms with Crippen LogP contribution in [-0.2, 0) is 0 Å². The van der Waals surface area contributed by atoms with Crippen molar-refractivity contribution in [1.82, 2.24) is 4.90 Å². The summed E-state index contributed by atoms with van der Waals surface area (Å²) in [6, 6.07) is 0. The van der Waals surface area contributed by atoms with Gasteiger partial charge in [-0.05, 0) is 32.9 Å². The number of rotatable bonds is 6. The lowest BCUT2D eigenvalue weighted by molar-refractivity contribution is 0.341. The molecule has 66 valence electrons. The molecular formula is C10H21N. The summed E-state index contributed by atoms with van der Waals surface area (Å²) < 4.78 is 0. The lowest BCUT2D eigenvalue weighted by Crippen LogP contribution is -2.19. The first kappa shape index (κ1) is 10.7. The molecule has 0 aliphatic rings. The van der Waals surface area contributed by atoms with Crippen LogP contribution in [0.1, 0.15) is 33.1 Å². The molecule has 0 unspecified atom stereocenters. The van der Waals surface area contributed by atoms with Crippen molar-refractivity contribution >= 4 is 0 Å². The number of hydrogen-bond acceptors (Lipinski definition) is 1. The molecule has 0 aliphatic carbocycles. The van der Waals surface area contributed by atoms with Gasteiger partial charge in [0.1, 0.15) is 0 Å². The maximum atomic E-state index is 2.38. The third kappa shape index (κ3) is 7.60. The van der Waals surface area contributed by atoms with Crippen molar-refractivity contribution in [3.8, 4) is 0 Å². The fourth-order valence-corrected chi connectivity index (χ4v) is 1.07. The summed E-state index contributed by atoms with van der Waals surface area (Å²) in [7, 11) is 2.18. The summed E-state index contributed by atoms with van der Waals surface area (Å²) in [5, 5.41) is 0. The Hall–Kier alpha value is -0.300. The van der Waals surface area contributed by atoms with E-state index in [1.807, 2.05) is 0 Å². The molecule has 0 fully saturated rings. The summed E-state index contributed by atoms with van der Waals surface area (Å²) in [4.78, 5) is 2.38. The van der Waals surface area contributed by atoms with Crippen LogP contribution in [0.3, 0.4) is 0 Å². The molecule has 0 aromatic carbocycles. The largest absolute Gasteiger partial charge is 0.306 e. The molecule has 11 heavy (non-hydrogen) atoms. The first-order valence-corrected chi connectivity index (χ1v) is 4.64. The van der Waals surface area contributed by atoms with Crippen LogP contribution in [0.5, 0.6) is 0 Å². The van der Waals surface area contributed by atoms with E-state index in [2.05, 4.69) is 37.9 Å². The van der Waals surface area contributed by atoms with Crippen LogP contribution >= 0.6 is 0 Å². The van der Waals surface area contributed by atoms with Gasteiger partial charge in [-0.2, -0.15) is 0 Å². The third-order valence-corrected chi connectivity index (χ3v) is 1.69. The minimum Gasteiger partial charge on any atom is -0.306 e. The highest BCUT2D eigenvalue weighted by Crippen LogP contribution is 1.91. The van der Waals surface area contributed by atoms with Gasteiger partial charge in [0.05, 0.1) is 0 Å². The quantitative estimate of drug-likeness (QED) is 0.533. The Kier molecular flexibility index (Phi) is 7.59. The zero-order valence-corrected chi connectivity index (χ0v) is 8.14. The standard InChI is InChI=1S/C10H21N/c1-4-6-7-8-10-11(3)9-5-2/h6-7H,4-5,8-10H2,1-3H3. The Morgan fingerprint density at radius 2 is 1.82 bits per heavy atom. The molecule has 0 heterocycles. The van der Waals surface area contributed by atoms with E-state index in [1.54, 1.807) is 0 Å². The van der Waals surface area contributed by atoms with E-state index in [0.717, 1.165) is 6.42 Å². The number of allylic oxidation sites excluding steroid dienone is 1. The van der Waals surface area contributed by atoms with Crippen molar-refractivity contribution in [3.05, 3.63) is 12.2 Å². The van der Waals surface area contributed by atoms with E-state index >= 15 is 0 Å². The summed E-state index contributed by atoms with van der Waals surface area (Å²) in [6.07, 6.45) is 8.13. The highest BCUT2D eigenvalue weighted by molar-refractivity contribution is 4.80. The third-order valence-electron chi connectivity index (χ3n) is 1.69. The van der Waals surface area contributed by atoms with Gasteiger partial charge in [-0.3, -0.25) is 0 Å². The Bertz CT molecular complexity index is 97.0. The fourth-order valence-electron chi connectivity index (χ4n) is 1.07. The van der Waals surface area contributed by atoms with Gasteiger partial charge in [-0.25, -0.2) is 0 Å². The van der Waals surface area contributed by atoms with Gasteiger partial charge in [-0.1, -0.05) is 26.0 Å². The van der Waals surface area contributed by atoms with Crippen LogP contribution in [0.25, 0.3) is 0 Å². The minimum absolute atomic E-state index is 1.16. The van der Waals surface area contributed by atoms with Gasteiger partial charge < -0.3 is 4.90 Å². The fraction of sp³-hybridized carbons (Fsp3) is 0.800. The zero-order chi connectivity index (χ0) is 8.53. The van der Waals surface area contributed by atoms with Gasteiger partial charge in [0.2, 0.25) is 0 Å². The molecule has 0 aromatic heterocycles. The summed E-state index contributed by atoms with van der Waals surface area (Å²) in [5.74, 6) is 0. The molecule has 0 atom stereocenters. The first-order valence-electron chi connectivity index (χ1n) is 4.64. The second-order valence-corrected chi connectivity index (χ2v) is 2.97. The van der Waals surface area contributed by atoms with Crippen molar-refractivity contribution in [2.75, 3.05) is 20.1 Å². The molecule has 0 aliphatic heterocycles. The van der Waals surface area contributed by atoms with Crippen molar-refractivity contribution in [3.63, 3.8) is 0 Å². The van der Waals surface area contributed by atoms with Crippen molar-refractivity contribution in [1.29, 1.82) is 0 Å². The SMILES string of the molecule is CCC=CCCN(C)CCC. The van der Waals surface area contributed by atoms with Gasteiger partial charge >= 0.3 is 0 Å². The van der Waals surface area contributed by atoms with Crippen molar-refractivity contribution in [2.45, 2.75) is 33.1 Å². The summed E-state index contributed by atoms with van der Waals surface area (Å²) in [6.45, 7) is 6.81. The van der Waals surface area contributed by atoms with Crippen LogP contribution in [0.4, 0.5) is 0 Å². The molecule has 1 nitrogen and oxygen atoms in total. The topological polar surface area (TPSA) is 3.24 Å². The molecule has 0 rings (SSSR count). The van der Waals surface area contributed by atoms with Crippen LogP contribution in [0.15, 0.2) is 12.2 Å². The van der Waals surface area contributed by atoms with Crippen molar-refractivity contribution in [2.24, 2.45) is 0 Å². The van der Waals surface area contributed by atoms with Crippen LogP contribution < -0.4 is 0 Å². The lowest BCUT2D eigenvalue weighted by Gasteiger charge is -2.13. The number of nitrogens with zero attached hydrogens (tertiary/aromatic N) is 1. The molecule has 0 bridgehead atoms. The maximum absolute atomic E-state index is 2.38. The molecule has 0 saturated heterocycles. The smallest absolute Gasteiger partial charge is 0.00128 e.